The van der Waals surface area contributed by atoms with Crippen LogP contribution in [0, 0.1) is 6.92 Å². The smallest absolute Gasteiger partial charge is 0.122 e. The van der Waals surface area contributed by atoms with Gasteiger partial charge >= 0.3 is 0 Å². The molecule has 0 saturated carbocycles. The van der Waals surface area contributed by atoms with Gasteiger partial charge in [0.05, 0.1) is 6.61 Å². The molecule has 2 nitrogen and oxygen atoms in total. The third-order valence-corrected chi connectivity index (χ3v) is 4.08. The molecule has 1 N–H and O–H groups in total. The standard InChI is InChI=1S/C17H18ClNO/c1-12-2-4-15(11-16(12)18)19-8-6-13-3-5-17-14(10-13)7-9-20-17/h2-5,10-11,19H,6-9H2,1H3. The summed E-state index contributed by atoms with van der Waals surface area (Å²) in [6.45, 7) is 3.73. The van der Waals surface area contributed by atoms with Gasteiger partial charge in [0.25, 0.3) is 0 Å². The summed E-state index contributed by atoms with van der Waals surface area (Å²) in [6.07, 6.45) is 2.03. The van der Waals surface area contributed by atoms with Crippen LogP contribution in [0.3, 0.4) is 0 Å². The molecule has 20 heavy (non-hydrogen) atoms. The Balaban J connectivity index is 1.58. The van der Waals surface area contributed by atoms with Gasteiger partial charge in [-0.3, -0.25) is 0 Å². The lowest BCUT2D eigenvalue weighted by Gasteiger charge is -2.09. The third-order valence-electron chi connectivity index (χ3n) is 3.67. The summed E-state index contributed by atoms with van der Waals surface area (Å²) in [7, 11) is 0. The van der Waals surface area contributed by atoms with E-state index in [0.29, 0.717) is 0 Å². The highest BCUT2D eigenvalue weighted by Crippen LogP contribution is 2.26. The lowest BCUT2D eigenvalue weighted by Crippen LogP contribution is -2.05. The van der Waals surface area contributed by atoms with Crippen LogP contribution in [-0.4, -0.2) is 13.2 Å². The van der Waals surface area contributed by atoms with Gasteiger partial charge in [-0.1, -0.05) is 29.8 Å². The first-order valence-electron chi connectivity index (χ1n) is 6.97. The van der Waals surface area contributed by atoms with Crippen molar-refractivity contribution >= 4 is 17.3 Å². The number of anilines is 1. The van der Waals surface area contributed by atoms with Gasteiger partial charge in [-0.25, -0.2) is 0 Å². The number of aryl methyl sites for hydroxylation is 1. The molecule has 1 heterocycles. The number of ether oxygens (including phenoxy) is 1. The monoisotopic (exact) mass is 287 g/mol. The van der Waals surface area contributed by atoms with E-state index in [1.807, 2.05) is 19.1 Å². The Morgan fingerprint density at radius 2 is 2.10 bits per heavy atom. The molecule has 0 unspecified atom stereocenters. The fraction of sp³-hybridized carbons (Fsp3) is 0.294. The molecular weight excluding hydrogens is 270 g/mol. The van der Waals surface area contributed by atoms with E-state index in [9.17, 15) is 0 Å². The number of fused-ring (bicyclic) bond motifs is 1. The molecule has 0 amide bonds. The highest BCUT2D eigenvalue weighted by atomic mass is 35.5. The number of benzene rings is 2. The summed E-state index contributed by atoms with van der Waals surface area (Å²) in [6, 6.07) is 12.6. The van der Waals surface area contributed by atoms with Crippen LogP contribution < -0.4 is 10.1 Å². The SMILES string of the molecule is Cc1ccc(NCCc2ccc3c(c2)CCO3)cc1Cl. The van der Waals surface area contributed by atoms with E-state index in [-0.39, 0.29) is 0 Å². The Bertz CT molecular complexity index is 624. The number of nitrogens with one attached hydrogen (secondary N) is 1. The van der Waals surface area contributed by atoms with E-state index in [2.05, 4.69) is 29.6 Å². The lowest BCUT2D eigenvalue weighted by atomic mass is 10.1. The molecule has 0 radical (unpaired) electrons. The average molecular weight is 288 g/mol. The molecule has 1 aliphatic rings. The van der Waals surface area contributed by atoms with E-state index in [1.54, 1.807) is 0 Å². The van der Waals surface area contributed by atoms with Gasteiger partial charge in [-0.05, 0) is 48.2 Å². The molecule has 2 aromatic carbocycles. The first kappa shape index (κ1) is 13.3. The summed E-state index contributed by atoms with van der Waals surface area (Å²) in [5, 5.41) is 4.22. The molecule has 0 spiro atoms. The summed E-state index contributed by atoms with van der Waals surface area (Å²) < 4.78 is 5.52. The Labute approximate surface area is 124 Å². The zero-order chi connectivity index (χ0) is 13.9. The van der Waals surface area contributed by atoms with Crippen molar-refractivity contribution in [1.29, 1.82) is 0 Å². The first-order valence-corrected chi connectivity index (χ1v) is 7.35. The summed E-state index contributed by atoms with van der Waals surface area (Å²) in [5.41, 5.74) is 4.86. The Morgan fingerprint density at radius 1 is 1.20 bits per heavy atom. The predicted molar refractivity (Wildman–Crippen MR) is 84.0 cm³/mol. The van der Waals surface area contributed by atoms with Crippen molar-refractivity contribution in [2.75, 3.05) is 18.5 Å². The largest absolute Gasteiger partial charge is 0.493 e. The van der Waals surface area contributed by atoms with Crippen molar-refractivity contribution < 1.29 is 4.74 Å². The third kappa shape index (κ3) is 2.91. The topological polar surface area (TPSA) is 21.3 Å². The van der Waals surface area contributed by atoms with Gasteiger partial charge in [0.15, 0.2) is 0 Å². The van der Waals surface area contributed by atoms with Gasteiger partial charge in [-0.15, -0.1) is 0 Å². The molecule has 0 saturated heterocycles. The number of halogens is 1. The van der Waals surface area contributed by atoms with Crippen LogP contribution in [0.5, 0.6) is 5.75 Å². The second kappa shape index (κ2) is 5.76. The summed E-state index contributed by atoms with van der Waals surface area (Å²) >= 11 is 6.12. The van der Waals surface area contributed by atoms with Crippen LogP contribution in [0.25, 0.3) is 0 Å². The average Bonchev–Trinajstić information content (AvgIpc) is 2.90. The number of hydrogen-bond donors (Lipinski definition) is 1. The van der Waals surface area contributed by atoms with Crippen molar-refractivity contribution in [3.8, 4) is 5.75 Å². The Kier molecular flexibility index (Phi) is 3.83. The maximum absolute atomic E-state index is 6.12. The van der Waals surface area contributed by atoms with E-state index in [0.717, 1.165) is 48.0 Å². The molecule has 3 heteroatoms. The molecule has 2 aromatic rings. The fourth-order valence-electron chi connectivity index (χ4n) is 2.45. The normalized spacial score (nSPS) is 12.9. The van der Waals surface area contributed by atoms with Crippen molar-refractivity contribution in [2.24, 2.45) is 0 Å². The molecule has 3 rings (SSSR count). The zero-order valence-corrected chi connectivity index (χ0v) is 12.3. The van der Waals surface area contributed by atoms with Crippen LogP contribution >= 0.6 is 11.6 Å². The van der Waals surface area contributed by atoms with Crippen molar-refractivity contribution in [2.45, 2.75) is 19.8 Å². The van der Waals surface area contributed by atoms with Gasteiger partial charge in [-0.2, -0.15) is 0 Å². The van der Waals surface area contributed by atoms with Crippen LogP contribution in [0.1, 0.15) is 16.7 Å². The molecule has 104 valence electrons. The van der Waals surface area contributed by atoms with Crippen molar-refractivity contribution in [3.63, 3.8) is 0 Å². The van der Waals surface area contributed by atoms with E-state index < -0.39 is 0 Å². The van der Waals surface area contributed by atoms with Crippen molar-refractivity contribution in [1.82, 2.24) is 0 Å². The van der Waals surface area contributed by atoms with Gasteiger partial charge in [0, 0.05) is 23.7 Å². The minimum Gasteiger partial charge on any atom is -0.493 e. The zero-order valence-electron chi connectivity index (χ0n) is 11.6. The number of hydrogen-bond acceptors (Lipinski definition) is 2. The Hall–Kier alpha value is -1.67. The predicted octanol–water partition coefficient (Wildman–Crippen LogP) is 4.24. The second-order valence-electron chi connectivity index (χ2n) is 5.18. The van der Waals surface area contributed by atoms with E-state index >= 15 is 0 Å². The molecule has 0 bridgehead atoms. The van der Waals surface area contributed by atoms with Crippen LogP contribution in [0.4, 0.5) is 5.69 Å². The van der Waals surface area contributed by atoms with Crippen LogP contribution in [0.2, 0.25) is 5.02 Å². The molecule has 0 fully saturated rings. The minimum atomic E-state index is 0.810. The van der Waals surface area contributed by atoms with E-state index in [4.69, 9.17) is 16.3 Å². The molecule has 1 aliphatic heterocycles. The molecular formula is C17H18ClNO. The second-order valence-corrected chi connectivity index (χ2v) is 5.59. The fourth-order valence-corrected chi connectivity index (χ4v) is 2.63. The molecule has 0 atom stereocenters. The van der Waals surface area contributed by atoms with Crippen molar-refractivity contribution in [3.05, 3.63) is 58.1 Å². The van der Waals surface area contributed by atoms with E-state index in [1.165, 1.54) is 11.1 Å². The van der Waals surface area contributed by atoms with Crippen LogP contribution in [0.15, 0.2) is 36.4 Å². The first-order chi connectivity index (χ1) is 9.72. The summed E-state index contributed by atoms with van der Waals surface area (Å²) in [5.74, 6) is 1.05. The lowest BCUT2D eigenvalue weighted by molar-refractivity contribution is 0.357. The molecule has 0 aromatic heterocycles. The Morgan fingerprint density at radius 3 is 2.95 bits per heavy atom. The highest BCUT2D eigenvalue weighted by Gasteiger charge is 2.11. The summed E-state index contributed by atoms with van der Waals surface area (Å²) in [4.78, 5) is 0. The van der Waals surface area contributed by atoms with Gasteiger partial charge in [0.2, 0.25) is 0 Å². The van der Waals surface area contributed by atoms with Gasteiger partial charge < -0.3 is 10.1 Å². The van der Waals surface area contributed by atoms with Crippen LogP contribution in [-0.2, 0) is 12.8 Å². The number of rotatable bonds is 4. The highest BCUT2D eigenvalue weighted by molar-refractivity contribution is 6.31. The van der Waals surface area contributed by atoms with Gasteiger partial charge in [0.1, 0.15) is 5.75 Å². The minimum absolute atomic E-state index is 0.810. The molecule has 0 aliphatic carbocycles. The maximum atomic E-state index is 6.12. The quantitative estimate of drug-likeness (QED) is 0.908. The maximum Gasteiger partial charge on any atom is 0.122 e.